The quantitative estimate of drug-likeness (QED) is 0.789. The number of hydrogen-bond donors (Lipinski definition) is 0. The lowest BCUT2D eigenvalue weighted by molar-refractivity contribution is -0.0105. The number of rotatable bonds is 4. The maximum absolute atomic E-state index is 4.25. The summed E-state index contributed by atoms with van der Waals surface area (Å²) in [4.78, 5) is 9.54. The van der Waals surface area contributed by atoms with E-state index in [-0.39, 0.29) is 0 Å². The molecule has 2 fully saturated rings. The summed E-state index contributed by atoms with van der Waals surface area (Å²) in [6, 6.07) is 4.24. The van der Waals surface area contributed by atoms with Crippen molar-refractivity contribution in [1.29, 1.82) is 0 Å². The van der Waals surface area contributed by atoms with Gasteiger partial charge in [0.1, 0.15) is 0 Å². The van der Waals surface area contributed by atoms with Crippen molar-refractivity contribution in [3.63, 3.8) is 0 Å². The summed E-state index contributed by atoms with van der Waals surface area (Å²) in [5, 5.41) is 0. The highest BCUT2D eigenvalue weighted by Crippen LogP contribution is 2.59. The van der Waals surface area contributed by atoms with Crippen LogP contribution in [-0.4, -0.2) is 47.5 Å². The van der Waals surface area contributed by atoms with Crippen molar-refractivity contribution < 1.29 is 0 Å². The zero-order valence-corrected chi connectivity index (χ0v) is 15.2. The normalized spacial score (nSPS) is 30.3. The summed E-state index contributed by atoms with van der Waals surface area (Å²) in [6.45, 7) is 12.1. The van der Waals surface area contributed by atoms with E-state index in [9.17, 15) is 0 Å². The van der Waals surface area contributed by atoms with Gasteiger partial charge in [-0.25, -0.2) is 0 Å². The molecule has 5 rings (SSSR count). The van der Waals surface area contributed by atoms with E-state index < -0.39 is 0 Å². The molecule has 3 aliphatic carbocycles. The van der Waals surface area contributed by atoms with E-state index in [0.29, 0.717) is 5.41 Å². The fraction of sp³-hybridized carbons (Fsp3) is 0.667. The van der Waals surface area contributed by atoms with Gasteiger partial charge in [-0.15, -0.1) is 0 Å². The molecule has 24 heavy (non-hydrogen) atoms. The molecule has 3 heteroatoms. The average molecular weight is 326 g/mol. The first kappa shape index (κ1) is 16.3. The minimum atomic E-state index is 0.558. The van der Waals surface area contributed by atoms with Gasteiger partial charge >= 0.3 is 0 Å². The van der Waals surface area contributed by atoms with Crippen molar-refractivity contribution in [2.45, 2.75) is 39.7 Å². The molecule has 0 amide bonds. The van der Waals surface area contributed by atoms with E-state index in [4.69, 9.17) is 0 Å². The van der Waals surface area contributed by atoms with Crippen LogP contribution in [0.25, 0.3) is 0 Å². The van der Waals surface area contributed by atoms with Crippen molar-refractivity contribution >= 4 is 0 Å². The Balaban J connectivity index is 1.32. The highest BCUT2D eigenvalue weighted by atomic mass is 15.2. The molecule has 4 aliphatic rings. The van der Waals surface area contributed by atoms with Gasteiger partial charge in [0.2, 0.25) is 0 Å². The zero-order chi connectivity index (χ0) is 16.6. The van der Waals surface area contributed by atoms with Crippen LogP contribution >= 0.6 is 0 Å². The first-order valence-electron chi connectivity index (χ1n) is 9.65. The molecular formula is C21H31N3. The maximum atomic E-state index is 4.25. The van der Waals surface area contributed by atoms with Crippen LogP contribution in [0.15, 0.2) is 36.2 Å². The van der Waals surface area contributed by atoms with E-state index in [0.717, 1.165) is 18.4 Å². The lowest BCUT2D eigenvalue weighted by atomic mass is 9.49. The Morgan fingerprint density at radius 3 is 2.58 bits per heavy atom. The Morgan fingerprint density at radius 1 is 1.12 bits per heavy atom. The number of allylic oxidation sites excluding steroid dienone is 1. The first-order chi connectivity index (χ1) is 11.6. The Labute approximate surface area is 146 Å². The van der Waals surface area contributed by atoms with Gasteiger partial charge in [-0.05, 0) is 61.2 Å². The fourth-order valence-corrected chi connectivity index (χ4v) is 5.00. The fourth-order valence-electron chi connectivity index (χ4n) is 5.00. The molecule has 0 radical (unpaired) electrons. The van der Waals surface area contributed by atoms with Crippen molar-refractivity contribution in [3.8, 4) is 0 Å². The second-order valence-corrected chi connectivity index (χ2v) is 8.59. The van der Waals surface area contributed by atoms with Crippen molar-refractivity contribution in [2.75, 3.05) is 32.7 Å². The number of fused-ring (bicyclic) bond motifs is 1. The number of hydrogen-bond acceptors (Lipinski definition) is 3. The van der Waals surface area contributed by atoms with Crippen LogP contribution in [0, 0.1) is 17.3 Å². The van der Waals surface area contributed by atoms with Crippen LogP contribution in [0.2, 0.25) is 0 Å². The van der Waals surface area contributed by atoms with Crippen molar-refractivity contribution in [3.05, 3.63) is 41.7 Å². The number of nitrogens with zero attached hydrogens (tertiary/aromatic N) is 3. The largest absolute Gasteiger partial charge is 0.298 e. The molecule has 1 saturated carbocycles. The SMILES string of the molecule is CC1(C)[C@H]2CC=C(CN3CCCN(Cc4cccnc4)CC3)[C@@H]1C2. The zero-order valence-electron chi connectivity index (χ0n) is 15.2. The summed E-state index contributed by atoms with van der Waals surface area (Å²) < 4.78 is 0. The van der Waals surface area contributed by atoms with Crippen molar-refractivity contribution in [1.82, 2.24) is 14.8 Å². The summed E-state index contributed by atoms with van der Waals surface area (Å²) in [6.07, 6.45) is 10.5. The summed E-state index contributed by atoms with van der Waals surface area (Å²) in [7, 11) is 0. The summed E-state index contributed by atoms with van der Waals surface area (Å²) in [5.74, 6) is 1.80. The summed E-state index contributed by atoms with van der Waals surface area (Å²) >= 11 is 0. The van der Waals surface area contributed by atoms with Crippen LogP contribution in [0.1, 0.15) is 38.7 Å². The van der Waals surface area contributed by atoms with E-state index in [1.165, 1.54) is 57.5 Å². The van der Waals surface area contributed by atoms with Crippen LogP contribution in [0.3, 0.4) is 0 Å². The molecule has 2 atom stereocenters. The molecule has 0 aromatic carbocycles. The Bertz CT molecular complexity index is 592. The van der Waals surface area contributed by atoms with Crippen LogP contribution in [-0.2, 0) is 6.54 Å². The third kappa shape index (κ3) is 3.16. The van der Waals surface area contributed by atoms with Gasteiger partial charge < -0.3 is 0 Å². The van der Waals surface area contributed by atoms with Gasteiger partial charge in [0.15, 0.2) is 0 Å². The lowest BCUT2D eigenvalue weighted by Crippen LogP contribution is -2.50. The van der Waals surface area contributed by atoms with Gasteiger partial charge in [0, 0.05) is 38.6 Å². The predicted molar refractivity (Wildman–Crippen MR) is 98.6 cm³/mol. The smallest absolute Gasteiger partial charge is 0.0312 e. The minimum absolute atomic E-state index is 0.558. The second kappa shape index (κ2) is 6.61. The highest BCUT2D eigenvalue weighted by molar-refractivity contribution is 5.24. The molecule has 1 aliphatic heterocycles. The minimum Gasteiger partial charge on any atom is -0.298 e. The van der Waals surface area contributed by atoms with E-state index >= 15 is 0 Å². The molecule has 0 unspecified atom stereocenters. The van der Waals surface area contributed by atoms with E-state index in [2.05, 4.69) is 40.8 Å². The molecule has 130 valence electrons. The number of aromatic nitrogens is 1. The highest BCUT2D eigenvalue weighted by Gasteiger charge is 2.51. The summed E-state index contributed by atoms with van der Waals surface area (Å²) in [5.41, 5.74) is 3.63. The van der Waals surface area contributed by atoms with Crippen LogP contribution in [0.4, 0.5) is 0 Å². The second-order valence-electron chi connectivity index (χ2n) is 8.59. The molecule has 1 aromatic heterocycles. The Kier molecular flexibility index (Phi) is 4.48. The molecule has 0 N–H and O–H groups in total. The third-order valence-electron chi connectivity index (χ3n) is 6.80. The molecule has 2 bridgehead atoms. The van der Waals surface area contributed by atoms with Crippen LogP contribution < -0.4 is 0 Å². The van der Waals surface area contributed by atoms with Gasteiger partial charge in [0.05, 0.1) is 0 Å². The van der Waals surface area contributed by atoms with Gasteiger partial charge in [-0.3, -0.25) is 14.8 Å². The molecular weight excluding hydrogens is 294 g/mol. The predicted octanol–water partition coefficient (Wildman–Crippen LogP) is 3.58. The van der Waals surface area contributed by atoms with Gasteiger partial charge in [0.25, 0.3) is 0 Å². The molecule has 0 spiro atoms. The van der Waals surface area contributed by atoms with Crippen LogP contribution in [0.5, 0.6) is 0 Å². The number of pyridine rings is 1. The van der Waals surface area contributed by atoms with Gasteiger partial charge in [-0.2, -0.15) is 0 Å². The molecule has 3 nitrogen and oxygen atoms in total. The van der Waals surface area contributed by atoms with Gasteiger partial charge in [-0.1, -0.05) is 31.6 Å². The monoisotopic (exact) mass is 325 g/mol. The van der Waals surface area contributed by atoms with Crippen molar-refractivity contribution in [2.24, 2.45) is 17.3 Å². The van der Waals surface area contributed by atoms with E-state index in [1.807, 2.05) is 18.5 Å². The molecule has 2 heterocycles. The Morgan fingerprint density at radius 2 is 1.92 bits per heavy atom. The Hall–Kier alpha value is -1.19. The standard InChI is InChI=1S/C21H31N3/c1-21(2)19-7-6-18(20(21)13-19)16-24-10-4-9-23(11-12-24)15-17-5-3-8-22-14-17/h3,5-6,8,14,19-20H,4,7,9-13,15-16H2,1-2H3/t19-,20-/m0/s1. The molecule has 1 saturated heterocycles. The van der Waals surface area contributed by atoms with E-state index in [1.54, 1.807) is 5.57 Å². The maximum Gasteiger partial charge on any atom is 0.0312 e. The molecule has 1 aromatic rings. The first-order valence-corrected chi connectivity index (χ1v) is 9.65. The third-order valence-corrected chi connectivity index (χ3v) is 6.80. The lowest BCUT2D eigenvalue weighted by Gasteiger charge is -2.57. The average Bonchev–Trinajstić information content (AvgIpc) is 2.81. The topological polar surface area (TPSA) is 19.4 Å².